The Morgan fingerprint density at radius 3 is 2.39 bits per heavy atom. The maximum absolute atomic E-state index is 12.1. The largest absolute Gasteiger partial charge is 0.494 e. The van der Waals surface area contributed by atoms with Gasteiger partial charge in [0.05, 0.1) is 6.61 Å². The van der Waals surface area contributed by atoms with Gasteiger partial charge in [0.1, 0.15) is 11.5 Å². The molecule has 8 heteroatoms. The first kappa shape index (κ1) is 21.2. The molecular weight excluding hydrogens is 378 g/mol. The molecule has 0 aliphatic heterocycles. The summed E-state index contributed by atoms with van der Waals surface area (Å²) in [5.41, 5.74) is 7.32. The van der Waals surface area contributed by atoms with Crippen molar-refractivity contribution in [1.29, 1.82) is 0 Å². The Morgan fingerprint density at radius 1 is 1.00 bits per heavy atom. The highest BCUT2D eigenvalue weighted by molar-refractivity contribution is 7.80. The molecule has 0 aromatic heterocycles. The van der Waals surface area contributed by atoms with E-state index in [1.54, 1.807) is 30.3 Å². The molecule has 148 valence electrons. The zero-order chi connectivity index (χ0) is 20.5. The Kier molecular flexibility index (Phi) is 7.76. The molecule has 2 rings (SSSR count). The van der Waals surface area contributed by atoms with Gasteiger partial charge in [-0.05, 0) is 74.4 Å². The van der Waals surface area contributed by atoms with E-state index in [4.69, 9.17) is 21.7 Å². The van der Waals surface area contributed by atoms with Gasteiger partial charge in [-0.25, -0.2) is 0 Å². The Balaban J connectivity index is 1.75. The normalized spacial score (nSPS) is 9.96. The second kappa shape index (κ2) is 10.3. The molecule has 0 radical (unpaired) electrons. The van der Waals surface area contributed by atoms with E-state index in [-0.39, 0.29) is 11.7 Å². The van der Waals surface area contributed by atoms with Crippen LogP contribution < -0.4 is 25.6 Å². The van der Waals surface area contributed by atoms with Crippen molar-refractivity contribution in [2.75, 3.05) is 13.2 Å². The quantitative estimate of drug-likeness (QED) is 0.509. The predicted molar refractivity (Wildman–Crippen MR) is 110 cm³/mol. The van der Waals surface area contributed by atoms with Crippen molar-refractivity contribution in [3.05, 3.63) is 59.2 Å². The van der Waals surface area contributed by atoms with E-state index >= 15 is 0 Å². The number of nitrogens with one attached hydrogen (secondary N) is 3. The number of hydrogen-bond acceptors (Lipinski definition) is 5. The summed E-state index contributed by atoms with van der Waals surface area (Å²) in [6, 6.07) is 12.3. The summed E-state index contributed by atoms with van der Waals surface area (Å²) < 4.78 is 10.8. The number of carbonyl (C=O) groups excluding carboxylic acids is 2. The van der Waals surface area contributed by atoms with Gasteiger partial charge in [0, 0.05) is 5.56 Å². The second-order valence-electron chi connectivity index (χ2n) is 5.90. The molecule has 0 unspecified atom stereocenters. The molecule has 7 nitrogen and oxygen atoms in total. The van der Waals surface area contributed by atoms with Crippen molar-refractivity contribution in [1.82, 2.24) is 16.2 Å². The van der Waals surface area contributed by atoms with Crippen molar-refractivity contribution < 1.29 is 19.1 Å². The van der Waals surface area contributed by atoms with Crippen LogP contribution in [-0.2, 0) is 4.79 Å². The van der Waals surface area contributed by atoms with Gasteiger partial charge >= 0.3 is 0 Å². The highest BCUT2D eigenvalue weighted by Gasteiger charge is 2.10. The van der Waals surface area contributed by atoms with Crippen LogP contribution in [0.5, 0.6) is 11.5 Å². The number of benzene rings is 2. The minimum atomic E-state index is -0.432. The first-order chi connectivity index (χ1) is 13.4. The summed E-state index contributed by atoms with van der Waals surface area (Å²) in [7, 11) is 0. The average molecular weight is 401 g/mol. The molecule has 0 heterocycles. The number of ether oxygens (including phenoxy) is 2. The number of thiocarbonyl (C=S) groups is 1. The Hall–Kier alpha value is -3.13. The molecule has 3 N–H and O–H groups in total. The molecule has 0 spiro atoms. The standard InChI is InChI=1S/C20H23N3O4S/c1-4-26-16-10-8-15(9-11-16)19(25)21-20(28)23-22-18(24)12-27-17-7-5-6-13(2)14(17)3/h5-11H,4,12H2,1-3H3,(H,22,24)(H2,21,23,25,28). The van der Waals surface area contributed by atoms with Crippen molar-refractivity contribution in [3.8, 4) is 11.5 Å². The van der Waals surface area contributed by atoms with Crippen LogP contribution in [0.2, 0.25) is 0 Å². The van der Waals surface area contributed by atoms with Gasteiger partial charge in [0.2, 0.25) is 0 Å². The lowest BCUT2D eigenvalue weighted by Crippen LogP contribution is -2.49. The fraction of sp³-hybridized carbons (Fsp3) is 0.250. The third-order valence-electron chi connectivity index (χ3n) is 3.88. The van der Waals surface area contributed by atoms with Gasteiger partial charge < -0.3 is 9.47 Å². The predicted octanol–water partition coefficient (Wildman–Crippen LogP) is 2.42. The molecule has 0 saturated heterocycles. The minimum absolute atomic E-state index is 0.0287. The van der Waals surface area contributed by atoms with Crippen LogP contribution in [-0.4, -0.2) is 30.1 Å². The lowest BCUT2D eigenvalue weighted by molar-refractivity contribution is -0.123. The van der Waals surface area contributed by atoms with Gasteiger partial charge in [-0.2, -0.15) is 0 Å². The summed E-state index contributed by atoms with van der Waals surface area (Å²) in [6.07, 6.45) is 0. The van der Waals surface area contributed by atoms with Crippen LogP contribution in [0.1, 0.15) is 28.4 Å². The third kappa shape index (κ3) is 6.24. The first-order valence-corrected chi connectivity index (χ1v) is 9.13. The molecule has 0 aliphatic rings. The fourth-order valence-electron chi connectivity index (χ4n) is 2.26. The molecule has 2 aromatic rings. The van der Waals surface area contributed by atoms with E-state index < -0.39 is 11.8 Å². The number of aryl methyl sites for hydroxylation is 1. The Bertz CT molecular complexity index is 853. The fourth-order valence-corrected chi connectivity index (χ4v) is 2.41. The van der Waals surface area contributed by atoms with Crippen molar-refractivity contribution in [3.63, 3.8) is 0 Å². The summed E-state index contributed by atoms with van der Waals surface area (Å²) in [4.78, 5) is 24.0. The monoisotopic (exact) mass is 401 g/mol. The molecule has 2 amide bonds. The lowest BCUT2D eigenvalue weighted by Gasteiger charge is -2.13. The van der Waals surface area contributed by atoms with Crippen LogP contribution in [0.3, 0.4) is 0 Å². The summed E-state index contributed by atoms with van der Waals surface area (Å²) in [6.45, 7) is 6.13. The zero-order valence-electron chi connectivity index (χ0n) is 16.0. The molecule has 0 fully saturated rings. The van der Waals surface area contributed by atoms with E-state index in [0.29, 0.717) is 23.7 Å². The Morgan fingerprint density at radius 2 is 1.71 bits per heavy atom. The SMILES string of the molecule is CCOc1ccc(C(=O)NC(=S)NNC(=O)COc2cccc(C)c2C)cc1. The maximum Gasteiger partial charge on any atom is 0.276 e. The van der Waals surface area contributed by atoms with E-state index in [9.17, 15) is 9.59 Å². The van der Waals surface area contributed by atoms with Crippen LogP contribution in [0.4, 0.5) is 0 Å². The number of hydrogen-bond donors (Lipinski definition) is 3. The molecule has 0 atom stereocenters. The molecule has 28 heavy (non-hydrogen) atoms. The van der Waals surface area contributed by atoms with Crippen LogP contribution >= 0.6 is 12.2 Å². The number of amides is 2. The van der Waals surface area contributed by atoms with Gasteiger partial charge in [-0.15, -0.1) is 0 Å². The van der Waals surface area contributed by atoms with Gasteiger partial charge in [-0.1, -0.05) is 12.1 Å². The van der Waals surface area contributed by atoms with Gasteiger partial charge in [0.15, 0.2) is 11.7 Å². The van der Waals surface area contributed by atoms with E-state index in [2.05, 4.69) is 16.2 Å². The van der Waals surface area contributed by atoms with Crippen LogP contribution in [0.25, 0.3) is 0 Å². The highest BCUT2D eigenvalue weighted by Crippen LogP contribution is 2.20. The van der Waals surface area contributed by atoms with Crippen molar-refractivity contribution >= 4 is 29.1 Å². The van der Waals surface area contributed by atoms with Gasteiger partial charge in [-0.3, -0.25) is 25.8 Å². The minimum Gasteiger partial charge on any atom is -0.494 e. The number of hydrazine groups is 1. The number of rotatable bonds is 6. The van der Waals surface area contributed by atoms with E-state index in [1.807, 2.05) is 32.9 Å². The smallest absolute Gasteiger partial charge is 0.276 e. The second-order valence-corrected chi connectivity index (χ2v) is 6.31. The topological polar surface area (TPSA) is 88.7 Å². The molecule has 2 aromatic carbocycles. The van der Waals surface area contributed by atoms with Gasteiger partial charge in [0.25, 0.3) is 11.8 Å². The third-order valence-corrected chi connectivity index (χ3v) is 4.09. The first-order valence-electron chi connectivity index (χ1n) is 8.72. The molecule has 0 bridgehead atoms. The molecule has 0 aliphatic carbocycles. The highest BCUT2D eigenvalue weighted by atomic mass is 32.1. The number of carbonyl (C=O) groups is 2. The summed E-state index contributed by atoms with van der Waals surface area (Å²) in [5, 5.41) is 2.45. The van der Waals surface area contributed by atoms with Crippen LogP contribution in [0, 0.1) is 13.8 Å². The molecular formula is C20H23N3O4S. The summed E-state index contributed by atoms with van der Waals surface area (Å²) in [5.74, 6) is 0.484. The molecule has 0 saturated carbocycles. The summed E-state index contributed by atoms with van der Waals surface area (Å²) >= 11 is 5.01. The zero-order valence-corrected chi connectivity index (χ0v) is 16.8. The van der Waals surface area contributed by atoms with E-state index in [1.165, 1.54) is 0 Å². The van der Waals surface area contributed by atoms with E-state index in [0.717, 1.165) is 11.1 Å². The van der Waals surface area contributed by atoms with Crippen molar-refractivity contribution in [2.24, 2.45) is 0 Å². The maximum atomic E-state index is 12.1. The average Bonchev–Trinajstić information content (AvgIpc) is 2.68. The van der Waals surface area contributed by atoms with Crippen LogP contribution in [0.15, 0.2) is 42.5 Å². The Labute approximate surface area is 169 Å². The van der Waals surface area contributed by atoms with Crippen molar-refractivity contribution in [2.45, 2.75) is 20.8 Å². The lowest BCUT2D eigenvalue weighted by atomic mass is 10.1.